The van der Waals surface area contributed by atoms with E-state index in [1.54, 1.807) is 0 Å². The third-order valence-electron chi connectivity index (χ3n) is 6.28. The number of hydrogen-bond donors (Lipinski definition) is 3. The zero-order valence-corrected chi connectivity index (χ0v) is 20.6. The van der Waals surface area contributed by atoms with E-state index in [1.165, 1.54) is 19.2 Å². The fourth-order valence-corrected chi connectivity index (χ4v) is 4.65. The molecule has 4 aromatic heterocycles. The van der Waals surface area contributed by atoms with Gasteiger partial charge in [-0.1, -0.05) is 12.1 Å². The maximum absolute atomic E-state index is 14.3. The molecule has 0 atom stereocenters. The number of aromatic nitrogens is 5. The molecular weight excluding hydrogens is 467 g/mol. The molecule has 0 aliphatic carbocycles. The van der Waals surface area contributed by atoms with Gasteiger partial charge in [-0.15, -0.1) is 0 Å². The highest BCUT2D eigenvalue weighted by Crippen LogP contribution is 2.36. The van der Waals surface area contributed by atoms with Gasteiger partial charge in [-0.2, -0.15) is 5.10 Å². The highest BCUT2D eigenvalue weighted by Gasteiger charge is 2.16. The molecule has 37 heavy (non-hydrogen) atoms. The van der Waals surface area contributed by atoms with Crippen LogP contribution in [0, 0.1) is 5.82 Å². The van der Waals surface area contributed by atoms with Crippen LogP contribution < -0.4 is 10.1 Å². The number of ether oxygens (including phenoxy) is 1. The van der Waals surface area contributed by atoms with Gasteiger partial charge in [-0.25, -0.2) is 9.37 Å². The molecule has 6 aromatic rings. The van der Waals surface area contributed by atoms with Gasteiger partial charge < -0.3 is 15.0 Å². The molecule has 0 aliphatic rings. The van der Waals surface area contributed by atoms with E-state index in [0.29, 0.717) is 17.4 Å². The maximum atomic E-state index is 14.3. The van der Waals surface area contributed by atoms with Crippen molar-refractivity contribution in [2.75, 3.05) is 12.4 Å². The summed E-state index contributed by atoms with van der Waals surface area (Å²) >= 11 is 0. The van der Waals surface area contributed by atoms with Crippen LogP contribution in [0.15, 0.2) is 73.2 Å². The van der Waals surface area contributed by atoms with Crippen molar-refractivity contribution >= 4 is 27.6 Å². The van der Waals surface area contributed by atoms with Crippen LogP contribution in [0.1, 0.15) is 13.8 Å². The molecule has 0 spiro atoms. The number of benzene rings is 2. The van der Waals surface area contributed by atoms with Crippen LogP contribution in [0.2, 0.25) is 0 Å². The van der Waals surface area contributed by atoms with Crippen molar-refractivity contribution in [1.29, 1.82) is 0 Å². The van der Waals surface area contributed by atoms with Gasteiger partial charge >= 0.3 is 0 Å². The van der Waals surface area contributed by atoms with Crippen molar-refractivity contribution in [3.05, 3.63) is 79.0 Å². The summed E-state index contributed by atoms with van der Waals surface area (Å²) in [6.07, 6.45) is 5.46. The van der Waals surface area contributed by atoms with Gasteiger partial charge in [0.2, 0.25) is 0 Å². The second kappa shape index (κ2) is 9.05. The van der Waals surface area contributed by atoms with E-state index in [2.05, 4.69) is 56.4 Å². The van der Waals surface area contributed by atoms with E-state index in [9.17, 15) is 4.39 Å². The highest BCUT2D eigenvalue weighted by molar-refractivity contribution is 6.01. The van der Waals surface area contributed by atoms with E-state index in [0.717, 1.165) is 55.6 Å². The Labute approximate surface area is 212 Å². The molecular formula is C29H25FN6O. The number of pyridine rings is 2. The minimum absolute atomic E-state index is 0.304. The zero-order chi connectivity index (χ0) is 25.5. The SMILES string of the molecule is COc1cc(F)cc(-c2cccc3[nH]c(-c4n[nH]c5ncc(-c6cncc(NC(C)C)c6)cc45)cc23)c1. The van der Waals surface area contributed by atoms with Crippen LogP contribution in [0.25, 0.3) is 55.6 Å². The standard InChI is InChI=1S/C29H25FN6O/c1-16(2)33-21-8-18(13-31-15-21)19-10-25-28(35-36-29(25)32-14-19)27-12-24-23(5-4-6-26(24)34-27)17-7-20(30)11-22(9-17)37-3/h4-16,33-34H,1-3H3,(H,32,35,36). The minimum Gasteiger partial charge on any atom is -0.497 e. The van der Waals surface area contributed by atoms with Gasteiger partial charge in [0.05, 0.1) is 18.5 Å². The third kappa shape index (κ3) is 4.27. The van der Waals surface area contributed by atoms with E-state index in [4.69, 9.17) is 4.74 Å². The van der Waals surface area contributed by atoms with Crippen LogP contribution >= 0.6 is 0 Å². The summed E-state index contributed by atoms with van der Waals surface area (Å²) in [6.45, 7) is 4.18. The number of H-pyrrole nitrogens is 2. The van der Waals surface area contributed by atoms with E-state index in [1.807, 2.05) is 48.9 Å². The topological polar surface area (TPSA) is 91.5 Å². The van der Waals surface area contributed by atoms with Gasteiger partial charge in [0.25, 0.3) is 0 Å². The van der Waals surface area contributed by atoms with Crippen LogP contribution in [-0.4, -0.2) is 38.3 Å². The smallest absolute Gasteiger partial charge is 0.155 e. The van der Waals surface area contributed by atoms with Gasteiger partial charge in [-0.3, -0.25) is 10.1 Å². The molecule has 0 bridgehead atoms. The lowest BCUT2D eigenvalue weighted by Crippen LogP contribution is -2.09. The molecule has 8 heteroatoms. The summed E-state index contributed by atoms with van der Waals surface area (Å²) in [5.41, 5.74) is 7.71. The first-order chi connectivity index (χ1) is 18.0. The van der Waals surface area contributed by atoms with Gasteiger partial charge in [0, 0.05) is 58.1 Å². The number of fused-ring (bicyclic) bond motifs is 2. The van der Waals surface area contributed by atoms with E-state index < -0.39 is 0 Å². The molecule has 0 aliphatic heterocycles. The Balaban J connectivity index is 1.45. The second-order valence-electron chi connectivity index (χ2n) is 9.28. The first kappa shape index (κ1) is 22.7. The molecule has 0 unspecified atom stereocenters. The molecule has 0 radical (unpaired) electrons. The summed E-state index contributed by atoms with van der Waals surface area (Å²) in [4.78, 5) is 12.5. The summed E-state index contributed by atoms with van der Waals surface area (Å²) < 4.78 is 19.5. The monoisotopic (exact) mass is 492 g/mol. The largest absolute Gasteiger partial charge is 0.497 e. The lowest BCUT2D eigenvalue weighted by molar-refractivity contribution is 0.411. The third-order valence-corrected chi connectivity index (χ3v) is 6.28. The molecule has 2 aromatic carbocycles. The number of methoxy groups -OCH3 is 1. The van der Waals surface area contributed by atoms with Crippen molar-refractivity contribution in [1.82, 2.24) is 25.1 Å². The van der Waals surface area contributed by atoms with Gasteiger partial charge in [0.1, 0.15) is 17.3 Å². The summed E-state index contributed by atoms with van der Waals surface area (Å²) in [6, 6.07) is 17.1. The Bertz CT molecular complexity index is 1750. The Morgan fingerprint density at radius 1 is 0.919 bits per heavy atom. The lowest BCUT2D eigenvalue weighted by Gasteiger charge is -2.10. The van der Waals surface area contributed by atoms with Crippen molar-refractivity contribution in [3.63, 3.8) is 0 Å². The van der Waals surface area contributed by atoms with Crippen molar-refractivity contribution in [3.8, 4) is 39.4 Å². The van der Waals surface area contributed by atoms with Crippen molar-refractivity contribution in [2.45, 2.75) is 19.9 Å². The molecule has 0 fully saturated rings. The van der Waals surface area contributed by atoms with Crippen molar-refractivity contribution in [2.24, 2.45) is 0 Å². The predicted octanol–water partition coefficient (Wildman–Crippen LogP) is 6.80. The molecule has 0 saturated heterocycles. The number of nitrogens with zero attached hydrogens (tertiary/aromatic N) is 3. The summed E-state index contributed by atoms with van der Waals surface area (Å²) in [5.74, 6) is 0.128. The fraction of sp³-hybridized carbons (Fsp3) is 0.138. The Kier molecular flexibility index (Phi) is 5.56. The first-order valence-corrected chi connectivity index (χ1v) is 12.0. The van der Waals surface area contributed by atoms with Gasteiger partial charge in [-0.05, 0) is 61.4 Å². The molecule has 184 valence electrons. The maximum Gasteiger partial charge on any atom is 0.155 e. The minimum atomic E-state index is -0.346. The predicted molar refractivity (Wildman–Crippen MR) is 145 cm³/mol. The average Bonchev–Trinajstić information content (AvgIpc) is 3.51. The van der Waals surface area contributed by atoms with Gasteiger partial charge in [0.15, 0.2) is 5.65 Å². The summed E-state index contributed by atoms with van der Waals surface area (Å²) in [5, 5.41) is 12.9. The zero-order valence-electron chi connectivity index (χ0n) is 20.6. The molecule has 7 nitrogen and oxygen atoms in total. The number of nitrogens with one attached hydrogen (secondary N) is 3. The number of rotatable bonds is 6. The van der Waals surface area contributed by atoms with E-state index >= 15 is 0 Å². The normalized spacial score (nSPS) is 11.5. The Morgan fingerprint density at radius 3 is 2.62 bits per heavy atom. The fourth-order valence-electron chi connectivity index (χ4n) is 4.65. The Hall–Kier alpha value is -4.72. The number of halogens is 1. The quantitative estimate of drug-likeness (QED) is 0.238. The highest BCUT2D eigenvalue weighted by atomic mass is 19.1. The number of anilines is 1. The molecule has 6 rings (SSSR count). The summed E-state index contributed by atoms with van der Waals surface area (Å²) in [7, 11) is 1.53. The molecule has 0 saturated carbocycles. The number of hydrogen-bond acceptors (Lipinski definition) is 5. The average molecular weight is 493 g/mol. The lowest BCUT2D eigenvalue weighted by atomic mass is 10.0. The van der Waals surface area contributed by atoms with Crippen LogP contribution in [0.4, 0.5) is 10.1 Å². The molecule has 3 N–H and O–H groups in total. The first-order valence-electron chi connectivity index (χ1n) is 12.0. The van der Waals surface area contributed by atoms with Crippen LogP contribution in [-0.2, 0) is 0 Å². The van der Waals surface area contributed by atoms with Crippen LogP contribution in [0.3, 0.4) is 0 Å². The number of aromatic amines is 2. The van der Waals surface area contributed by atoms with E-state index in [-0.39, 0.29) is 5.82 Å². The van der Waals surface area contributed by atoms with Crippen LogP contribution in [0.5, 0.6) is 5.75 Å². The Morgan fingerprint density at radius 2 is 1.78 bits per heavy atom. The second-order valence-corrected chi connectivity index (χ2v) is 9.28. The molecule has 4 heterocycles. The molecule has 0 amide bonds. The van der Waals surface area contributed by atoms with Crippen molar-refractivity contribution < 1.29 is 9.13 Å².